The molecule has 0 aromatic rings. The Morgan fingerprint density at radius 1 is 1.15 bits per heavy atom. The molecule has 0 radical (unpaired) electrons. The molecule has 2 rings (SSSR count). The van der Waals surface area contributed by atoms with E-state index in [2.05, 4.69) is 49.7 Å². The third-order valence-electron chi connectivity index (χ3n) is 5.27. The fourth-order valence-corrected chi connectivity index (χ4v) is 3.97. The third-order valence-corrected chi connectivity index (χ3v) is 5.27. The van der Waals surface area contributed by atoms with Crippen molar-refractivity contribution in [2.24, 2.45) is 4.99 Å². The molecule has 0 bridgehead atoms. The van der Waals surface area contributed by atoms with E-state index < -0.39 is 0 Å². The Labute approximate surface area is 183 Å². The molecule has 0 aromatic carbocycles. The summed E-state index contributed by atoms with van der Waals surface area (Å²) in [5.74, 6) is 1.03. The van der Waals surface area contributed by atoms with Gasteiger partial charge in [-0.05, 0) is 53.9 Å². The van der Waals surface area contributed by atoms with Gasteiger partial charge in [-0.1, -0.05) is 0 Å². The van der Waals surface area contributed by atoms with Gasteiger partial charge in [0.2, 0.25) is 0 Å². The first kappa shape index (κ1) is 24.9. The van der Waals surface area contributed by atoms with Gasteiger partial charge in [0.25, 0.3) is 0 Å². The number of nitrogens with zero attached hydrogens (tertiary/aromatic N) is 3. The highest BCUT2D eigenvalue weighted by molar-refractivity contribution is 14.0. The molecule has 1 N–H and O–H groups in total. The summed E-state index contributed by atoms with van der Waals surface area (Å²) >= 11 is 0. The molecule has 2 atom stereocenters. The summed E-state index contributed by atoms with van der Waals surface area (Å²) < 4.78 is 11.8. The van der Waals surface area contributed by atoms with Crippen LogP contribution in [0.2, 0.25) is 0 Å². The van der Waals surface area contributed by atoms with E-state index in [0.717, 1.165) is 71.2 Å². The van der Waals surface area contributed by atoms with Crippen LogP contribution in [0.4, 0.5) is 0 Å². The van der Waals surface area contributed by atoms with E-state index in [9.17, 15) is 0 Å². The Balaban J connectivity index is 0.00000364. The third kappa shape index (κ3) is 8.03. The highest BCUT2D eigenvalue weighted by Gasteiger charge is 2.32. The Morgan fingerprint density at radius 2 is 1.85 bits per heavy atom. The second-order valence-corrected chi connectivity index (χ2v) is 7.92. The molecule has 0 amide bonds. The molecule has 0 spiro atoms. The molecular formula is C20H41IN4O2. The van der Waals surface area contributed by atoms with Gasteiger partial charge in [-0.2, -0.15) is 0 Å². The topological polar surface area (TPSA) is 49.3 Å². The number of hydrogen-bond acceptors (Lipinski definition) is 4. The summed E-state index contributed by atoms with van der Waals surface area (Å²) in [6.07, 6.45) is 3.79. The molecule has 2 aliphatic heterocycles. The standard InChI is InChI=1S/C20H40N4O2.HI/c1-6-21-20(22-10-8-11-24(16(2)3)17(4)5)23-12-14-26-19(15-23)18-9-7-13-25-18;/h16-19H,6-15H2,1-5H3,(H,21,22);1H. The molecular weight excluding hydrogens is 455 g/mol. The van der Waals surface area contributed by atoms with Crippen LogP contribution in [0.3, 0.4) is 0 Å². The molecule has 2 heterocycles. The van der Waals surface area contributed by atoms with Crippen LogP contribution in [0.5, 0.6) is 0 Å². The van der Waals surface area contributed by atoms with Crippen LogP contribution in [0, 0.1) is 0 Å². The van der Waals surface area contributed by atoms with Gasteiger partial charge in [-0.3, -0.25) is 9.89 Å². The summed E-state index contributed by atoms with van der Waals surface area (Å²) in [4.78, 5) is 9.78. The minimum atomic E-state index is 0. The highest BCUT2D eigenvalue weighted by atomic mass is 127. The molecule has 0 aromatic heterocycles. The molecule has 160 valence electrons. The summed E-state index contributed by atoms with van der Waals surface area (Å²) in [5, 5.41) is 3.46. The van der Waals surface area contributed by atoms with Crippen molar-refractivity contribution < 1.29 is 9.47 Å². The maximum Gasteiger partial charge on any atom is 0.194 e. The van der Waals surface area contributed by atoms with Crippen LogP contribution < -0.4 is 5.32 Å². The Morgan fingerprint density at radius 3 is 2.44 bits per heavy atom. The number of rotatable bonds is 8. The predicted octanol–water partition coefficient (Wildman–Crippen LogP) is 2.96. The van der Waals surface area contributed by atoms with Crippen molar-refractivity contribution in [2.75, 3.05) is 45.9 Å². The second kappa shape index (κ2) is 13.2. The van der Waals surface area contributed by atoms with Gasteiger partial charge < -0.3 is 19.7 Å². The average molecular weight is 496 g/mol. The number of halogens is 1. The first-order valence-corrected chi connectivity index (χ1v) is 10.5. The lowest BCUT2D eigenvalue weighted by atomic mass is 10.1. The molecule has 2 saturated heterocycles. The summed E-state index contributed by atoms with van der Waals surface area (Å²) in [7, 11) is 0. The maximum absolute atomic E-state index is 5.97. The van der Waals surface area contributed by atoms with E-state index in [1.807, 2.05) is 0 Å². The van der Waals surface area contributed by atoms with E-state index in [4.69, 9.17) is 14.5 Å². The Bertz CT molecular complexity index is 420. The van der Waals surface area contributed by atoms with Crippen LogP contribution in [0.15, 0.2) is 4.99 Å². The number of aliphatic imine (C=N–C) groups is 1. The lowest BCUT2D eigenvalue weighted by Crippen LogP contribution is -2.53. The Hall–Kier alpha value is -0.120. The zero-order valence-corrected chi connectivity index (χ0v) is 20.3. The summed E-state index contributed by atoms with van der Waals surface area (Å²) in [5.41, 5.74) is 0. The van der Waals surface area contributed by atoms with E-state index in [-0.39, 0.29) is 36.2 Å². The first-order chi connectivity index (χ1) is 12.5. The Kier molecular flexibility index (Phi) is 12.2. The van der Waals surface area contributed by atoms with Gasteiger partial charge in [0.05, 0.1) is 12.7 Å². The molecule has 2 fully saturated rings. The molecule has 0 saturated carbocycles. The van der Waals surface area contributed by atoms with Crippen molar-refractivity contribution in [3.05, 3.63) is 0 Å². The normalized spacial score (nSPS) is 24.0. The van der Waals surface area contributed by atoms with E-state index in [1.165, 1.54) is 0 Å². The number of guanidine groups is 1. The van der Waals surface area contributed by atoms with Gasteiger partial charge in [-0.25, -0.2) is 0 Å². The minimum Gasteiger partial charge on any atom is -0.375 e. The van der Waals surface area contributed by atoms with Gasteiger partial charge >= 0.3 is 0 Å². The predicted molar refractivity (Wildman–Crippen MR) is 123 cm³/mol. The van der Waals surface area contributed by atoms with Crippen LogP contribution >= 0.6 is 24.0 Å². The maximum atomic E-state index is 5.97. The van der Waals surface area contributed by atoms with Crippen LogP contribution in [0.25, 0.3) is 0 Å². The number of morpholine rings is 1. The van der Waals surface area contributed by atoms with Crippen LogP contribution in [0.1, 0.15) is 53.9 Å². The van der Waals surface area contributed by atoms with Crippen molar-refractivity contribution in [1.82, 2.24) is 15.1 Å². The monoisotopic (exact) mass is 496 g/mol. The zero-order valence-electron chi connectivity index (χ0n) is 17.9. The molecule has 2 unspecified atom stereocenters. The second-order valence-electron chi connectivity index (χ2n) is 7.92. The number of ether oxygens (including phenoxy) is 2. The highest BCUT2D eigenvalue weighted by Crippen LogP contribution is 2.21. The molecule has 2 aliphatic rings. The summed E-state index contributed by atoms with van der Waals surface area (Å²) in [6.45, 7) is 17.5. The van der Waals surface area contributed by atoms with Gasteiger partial charge in [0, 0.05) is 51.4 Å². The van der Waals surface area contributed by atoms with Crippen molar-refractivity contribution in [2.45, 2.75) is 78.2 Å². The lowest BCUT2D eigenvalue weighted by molar-refractivity contribution is -0.0817. The van der Waals surface area contributed by atoms with E-state index in [0.29, 0.717) is 12.1 Å². The van der Waals surface area contributed by atoms with Crippen molar-refractivity contribution in [3.63, 3.8) is 0 Å². The van der Waals surface area contributed by atoms with Crippen molar-refractivity contribution >= 4 is 29.9 Å². The van der Waals surface area contributed by atoms with Crippen molar-refractivity contribution in [1.29, 1.82) is 0 Å². The van der Waals surface area contributed by atoms with E-state index >= 15 is 0 Å². The van der Waals surface area contributed by atoms with Crippen LogP contribution in [-0.4, -0.2) is 86.0 Å². The fourth-order valence-electron chi connectivity index (χ4n) is 3.97. The average Bonchev–Trinajstić information content (AvgIpc) is 3.14. The molecule has 6 nitrogen and oxygen atoms in total. The first-order valence-electron chi connectivity index (χ1n) is 10.5. The fraction of sp³-hybridized carbons (Fsp3) is 0.950. The number of hydrogen-bond donors (Lipinski definition) is 1. The SMILES string of the molecule is CCNC(=NCCCN(C(C)C)C(C)C)N1CCOC(C2CCCO2)C1.I. The van der Waals surface area contributed by atoms with Crippen molar-refractivity contribution in [3.8, 4) is 0 Å². The zero-order chi connectivity index (χ0) is 18.9. The summed E-state index contributed by atoms with van der Waals surface area (Å²) in [6, 6.07) is 1.16. The largest absolute Gasteiger partial charge is 0.375 e. The van der Waals surface area contributed by atoms with Gasteiger partial charge in [-0.15, -0.1) is 24.0 Å². The molecule has 27 heavy (non-hydrogen) atoms. The molecule has 7 heteroatoms. The van der Waals surface area contributed by atoms with Crippen LogP contribution in [-0.2, 0) is 9.47 Å². The van der Waals surface area contributed by atoms with Gasteiger partial charge in [0.15, 0.2) is 5.96 Å². The smallest absolute Gasteiger partial charge is 0.194 e. The minimum absolute atomic E-state index is 0. The van der Waals surface area contributed by atoms with Gasteiger partial charge in [0.1, 0.15) is 6.10 Å². The number of nitrogens with one attached hydrogen (secondary N) is 1. The molecule has 0 aliphatic carbocycles. The van der Waals surface area contributed by atoms with E-state index in [1.54, 1.807) is 0 Å². The quantitative estimate of drug-likeness (QED) is 0.243. The lowest BCUT2D eigenvalue weighted by Gasteiger charge is -2.37.